The van der Waals surface area contributed by atoms with E-state index in [1.807, 2.05) is 5.32 Å². The maximum Gasteiger partial charge on any atom is 0.322 e. The lowest BCUT2D eigenvalue weighted by Crippen LogP contribution is -2.34. The molecule has 2 rings (SSSR count). The molecule has 0 aliphatic carbocycles. The van der Waals surface area contributed by atoms with Crippen LogP contribution < -0.4 is 27.0 Å². The minimum absolute atomic E-state index is 0.192. The molecule has 0 saturated carbocycles. The predicted molar refractivity (Wildman–Crippen MR) is 91.2 cm³/mol. The summed E-state index contributed by atoms with van der Waals surface area (Å²) in [6.45, 7) is 0.831. The van der Waals surface area contributed by atoms with Gasteiger partial charge in [-0.1, -0.05) is 11.6 Å². The summed E-state index contributed by atoms with van der Waals surface area (Å²) in [6, 6.07) is 2.86. The Labute approximate surface area is 148 Å². The molecule has 0 aromatic heterocycles. The maximum absolute atomic E-state index is 12.2. The lowest BCUT2D eigenvalue weighted by atomic mass is 10.1. The number of urea groups is 1. The first-order chi connectivity index (χ1) is 11.9. The van der Waals surface area contributed by atoms with Crippen LogP contribution in [-0.2, 0) is 9.59 Å². The van der Waals surface area contributed by atoms with Crippen molar-refractivity contribution in [2.24, 2.45) is 5.73 Å². The Balaban J connectivity index is 2.05. The van der Waals surface area contributed by atoms with Crippen LogP contribution in [0.5, 0.6) is 0 Å². The molecule has 1 aromatic rings. The molecule has 1 unspecified atom stereocenters. The highest BCUT2D eigenvalue weighted by Gasteiger charge is 2.31. The standard InChI is InChI=1S/C15H18ClN5O4/c16-8-2-3-10(9(6-8)13(23)18-5-1-4-17)19-12(22)7-11-14(24)21-15(25)20-11/h2-3,6,11H,1,4-5,7,17H2,(H,18,23)(H,19,22)(H2,20,21,24,25). The lowest BCUT2D eigenvalue weighted by molar-refractivity contribution is -0.124. The summed E-state index contributed by atoms with van der Waals surface area (Å²) in [5, 5.41) is 9.94. The third-order valence-electron chi connectivity index (χ3n) is 3.41. The average molecular weight is 368 g/mol. The van der Waals surface area contributed by atoms with E-state index < -0.39 is 29.8 Å². The second-order valence-corrected chi connectivity index (χ2v) is 5.79. The van der Waals surface area contributed by atoms with Crippen LogP contribution in [0.4, 0.5) is 10.5 Å². The van der Waals surface area contributed by atoms with Crippen molar-refractivity contribution in [3.8, 4) is 0 Å². The van der Waals surface area contributed by atoms with E-state index in [2.05, 4.69) is 16.0 Å². The fraction of sp³-hybridized carbons (Fsp3) is 0.333. The van der Waals surface area contributed by atoms with Gasteiger partial charge < -0.3 is 21.7 Å². The molecule has 1 aromatic carbocycles. The molecule has 134 valence electrons. The quantitative estimate of drug-likeness (QED) is 0.339. The molecule has 1 saturated heterocycles. The molecule has 1 fully saturated rings. The molecule has 1 atom stereocenters. The Hall–Kier alpha value is -2.65. The summed E-state index contributed by atoms with van der Waals surface area (Å²) in [5.41, 5.74) is 5.83. The topological polar surface area (TPSA) is 142 Å². The van der Waals surface area contributed by atoms with Crippen molar-refractivity contribution >= 4 is 41.0 Å². The zero-order valence-corrected chi connectivity index (χ0v) is 14.0. The summed E-state index contributed by atoms with van der Waals surface area (Å²) < 4.78 is 0. The largest absolute Gasteiger partial charge is 0.352 e. The first kappa shape index (κ1) is 18.7. The molecular formula is C15H18ClN5O4. The number of imide groups is 1. The third kappa shape index (κ3) is 5.16. The summed E-state index contributed by atoms with van der Waals surface area (Å²) >= 11 is 5.92. The van der Waals surface area contributed by atoms with E-state index >= 15 is 0 Å². The number of hydrogen-bond donors (Lipinski definition) is 5. The smallest absolute Gasteiger partial charge is 0.322 e. The van der Waals surface area contributed by atoms with Crippen molar-refractivity contribution in [2.75, 3.05) is 18.4 Å². The third-order valence-corrected chi connectivity index (χ3v) is 3.65. The van der Waals surface area contributed by atoms with Crippen molar-refractivity contribution in [3.05, 3.63) is 28.8 Å². The number of benzene rings is 1. The maximum atomic E-state index is 12.2. The van der Waals surface area contributed by atoms with Crippen LogP contribution >= 0.6 is 11.6 Å². The van der Waals surface area contributed by atoms with Gasteiger partial charge >= 0.3 is 6.03 Å². The van der Waals surface area contributed by atoms with E-state index in [1.54, 1.807) is 0 Å². The van der Waals surface area contributed by atoms with E-state index in [4.69, 9.17) is 17.3 Å². The number of carbonyl (C=O) groups is 4. The molecule has 10 heteroatoms. The zero-order chi connectivity index (χ0) is 18.4. The van der Waals surface area contributed by atoms with Gasteiger partial charge in [-0.25, -0.2) is 4.79 Å². The Kier molecular flexibility index (Phi) is 6.31. The van der Waals surface area contributed by atoms with Crippen LogP contribution in [0.25, 0.3) is 0 Å². The van der Waals surface area contributed by atoms with Crippen LogP contribution in [0.15, 0.2) is 18.2 Å². The normalized spacial score (nSPS) is 16.2. The second kappa shape index (κ2) is 8.45. The second-order valence-electron chi connectivity index (χ2n) is 5.36. The highest BCUT2D eigenvalue weighted by molar-refractivity contribution is 6.31. The number of anilines is 1. The Morgan fingerprint density at radius 1 is 1.28 bits per heavy atom. The number of hydrogen-bond acceptors (Lipinski definition) is 5. The van der Waals surface area contributed by atoms with Crippen molar-refractivity contribution in [2.45, 2.75) is 18.9 Å². The Morgan fingerprint density at radius 3 is 2.68 bits per heavy atom. The molecule has 1 aliphatic rings. The number of nitrogens with one attached hydrogen (secondary N) is 4. The van der Waals surface area contributed by atoms with Gasteiger partial charge in [-0.05, 0) is 31.2 Å². The fourth-order valence-corrected chi connectivity index (χ4v) is 2.37. The molecule has 9 nitrogen and oxygen atoms in total. The minimum Gasteiger partial charge on any atom is -0.352 e. The molecule has 25 heavy (non-hydrogen) atoms. The number of amides is 5. The number of nitrogens with two attached hydrogens (primary N) is 1. The first-order valence-corrected chi connectivity index (χ1v) is 7.97. The highest BCUT2D eigenvalue weighted by Crippen LogP contribution is 2.21. The molecule has 0 spiro atoms. The van der Waals surface area contributed by atoms with Crippen molar-refractivity contribution in [1.82, 2.24) is 16.0 Å². The summed E-state index contributed by atoms with van der Waals surface area (Å²) in [4.78, 5) is 46.9. The van der Waals surface area contributed by atoms with Crippen LogP contribution in [0, 0.1) is 0 Å². The molecule has 6 N–H and O–H groups in total. The van der Waals surface area contributed by atoms with Gasteiger partial charge in [0.2, 0.25) is 5.91 Å². The van der Waals surface area contributed by atoms with Crippen molar-refractivity contribution < 1.29 is 19.2 Å². The average Bonchev–Trinajstić information content (AvgIpc) is 2.86. The van der Waals surface area contributed by atoms with E-state index in [0.29, 0.717) is 24.5 Å². The Morgan fingerprint density at radius 2 is 2.04 bits per heavy atom. The Bertz CT molecular complexity index is 709. The summed E-state index contributed by atoms with van der Waals surface area (Å²) in [7, 11) is 0. The number of rotatable bonds is 7. The lowest BCUT2D eigenvalue weighted by Gasteiger charge is -2.13. The van der Waals surface area contributed by atoms with Gasteiger partial charge in [0.25, 0.3) is 11.8 Å². The monoisotopic (exact) mass is 367 g/mol. The van der Waals surface area contributed by atoms with Crippen LogP contribution in [-0.4, -0.2) is 42.9 Å². The fourth-order valence-electron chi connectivity index (χ4n) is 2.20. The van der Waals surface area contributed by atoms with Gasteiger partial charge in [-0.15, -0.1) is 0 Å². The van der Waals surface area contributed by atoms with Gasteiger partial charge in [0.05, 0.1) is 17.7 Å². The molecule has 0 bridgehead atoms. The van der Waals surface area contributed by atoms with Crippen LogP contribution in [0.1, 0.15) is 23.2 Å². The number of halogens is 1. The molecule has 0 radical (unpaired) electrons. The first-order valence-electron chi connectivity index (χ1n) is 7.59. The van der Waals surface area contributed by atoms with E-state index in [0.717, 1.165) is 0 Å². The summed E-state index contributed by atoms with van der Waals surface area (Å²) in [5.74, 6) is -1.50. The van der Waals surface area contributed by atoms with Crippen molar-refractivity contribution in [1.29, 1.82) is 0 Å². The number of carbonyl (C=O) groups excluding carboxylic acids is 4. The van der Waals surface area contributed by atoms with Crippen LogP contribution in [0.2, 0.25) is 5.02 Å². The van der Waals surface area contributed by atoms with E-state index in [-0.39, 0.29) is 17.7 Å². The molecule has 1 aliphatic heterocycles. The van der Waals surface area contributed by atoms with Crippen molar-refractivity contribution in [3.63, 3.8) is 0 Å². The predicted octanol–water partition coefficient (Wildman–Crippen LogP) is -0.0448. The summed E-state index contributed by atoms with van der Waals surface area (Å²) in [6.07, 6.45) is 0.360. The van der Waals surface area contributed by atoms with Gasteiger partial charge in [0.15, 0.2) is 0 Å². The molecule has 5 amide bonds. The SMILES string of the molecule is NCCCNC(=O)c1cc(Cl)ccc1NC(=O)CC1NC(=O)NC1=O. The van der Waals surface area contributed by atoms with E-state index in [9.17, 15) is 19.2 Å². The zero-order valence-electron chi connectivity index (χ0n) is 13.2. The van der Waals surface area contributed by atoms with Crippen LogP contribution in [0.3, 0.4) is 0 Å². The van der Waals surface area contributed by atoms with Gasteiger partial charge in [0.1, 0.15) is 6.04 Å². The van der Waals surface area contributed by atoms with Gasteiger partial charge in [0, 0.05) is 11.6 Å². The molecular weight excluding hydrogens is 350 g/mol. The van der Waals surface area contributed by atoms with E-state index in [1.165, 1.54) is 18.2 Å². The van der Waals surface area contributed by atoms with Gasteiger partial charge in [-0.3, -0.25) is 19.7 Å². The van der Waals surface area contributed by atoms with Gasteiger partial charge in [-0.2, -0.15) is 0 Å². The minimum atomic E-state index is -0.943. The molecule has 1 heterocycles. The highest BCUT2D eigenvalue weighted by atomic mass is 35.5.